The van der Waals surface area contributed by atoms with Crippen molar-refractivity contribution in [2.75, 3.05) is 33.2 Å². The van der Waals surface area contributed by atoms with Crippen molar-refractivity contribution >= 4 is 11.9 Å². The molecule has 144 valence electrons. The lowest BCUT2D eigenvalue weighted by Crippen LogP contribution is -2.41. The second-order valence-corrected chi connectivity index (χ2v) is 6.86. The van der Waals surface area contributed by atoms with Crippen molar-refractivity contribution < 1.29 is 9.21 Å². The number of aliphatic imine (C=N–C) groups is 1. The summed E-state index contributed by atoms with van der Waals surface area (Å²) in [5.74, 6) is 1.72. The third kappa shape index (κ3) is 4.90. The summed E-state index contributed by atoms with van der Waals surface area (Å²) < 4.78 is 5.20. The van der Waals surface area contributed by atoms with E-state index < -0.39 is 0 Å². The largest absolute Gasteiger partial charge is 0.459 e. The zero-order chi connectivity index (χ0) is 19.1. The zero-order valence-corrected chi connectivity index (χ0v) is 16.1. The second-order valence-electron chi connectivity index (χ2n) is 6.86. The van der Waals surface area contributed by atoms with Gasteiger partial charge in [0, 0.05) is 44.7 Å². The first-order valence-corrected chi connectivity index (χ1v) is 9.52. The van der Waals surface area contributed by atoms with E-state index in [1.165, 1.54) is 11.8 Å². The van der Waals surface area contributed by atoms with Gasteiger partial charge in [-0.1, -0.05) is 30.3 Å². The van der Waals surface area contributed by atoms with Gasteiger partial charge in [0.2, 0.25) is 0 Å². The number of carbonyl (C=O) groups excluding carboxylic acids is 1. The van der Waals surface area contributed by atoms with Crippen LogP contribution in [0.1, 0.15) is 40.4 Å². The third-order valence-corrected chi connectivity index (χ3v) is 4.96. The number of carbonyl (C=O) groups is 1. The Labute approximate surface area is 160 Å². The monoisotopic (exact) mass is 368 g/mol. The van der Waals surface area contributed by atoms with Crippen molar-refractivity contribution in [1.29, 1.82) is 0 Å². The van der Waals surface area contributed by atoms with Gasteiger partial charge in [-0.2, -0.15) is 0 Å². The molecule has 1 aliphatic rings. The van der Waals surface area contributed by atoms with E-state index in [1.54, 1.807) is 6.07 Å². The molecule has 1 aromatic heterocycles. The molecular formula is C21H28N4O2. The van der Waals surface area contributed by atoms with Gasteiger partial charge in [-0.15, -0.1) is 0 Å². The molecule has 0 radical (unpaired) electrons. The van der Waals surface area contributed by atoms with Crippen LogP contribution in [-0.4, -0.2) is 50.0 Å². The predicted octanol–water partition coefficient (Wildman–Crippen LogP) is 2.77. The summed E-state index contributed by atoms with van der Waals surface area (Å²) in [4.78, 5) is 18.7. The fourth-order valence-electron chi connectivity index (χ4n) is 3.46. The molecule has 27 heavy (non-hydrogen) atoms. The molecule has 2 aromatic rings. The summed E-state index contributed by atoms with van der Waals surface area (Å²) in [7, 11) is 1.82. The first-order chi connectivity index (χ1) is 13.2. The Morgan fingerprint density at radius 1 is 1.22 bits per heavy atom. The van der Waals surface area contributed by atoms with Crippen molar-refractivity contribution in [3.05, 3.63) is 59.5 Å². The molecule has 0 aliphatic carbocycles. The van der Waals surface area contributed by atoms with Gasteiger partial charge in [0.1, 0.15) is 0 Å². The summed E-state index contributed by atoms with van der Waals surface area (Å²) >= 11 is 0. The van der Waals surface area contributed by atoms with Crippen molar-refractivity contribution in [1.82, 2.24) is 15.5 Å². The fraction of sp³-hybridized carbons (Fsp3) is 0.429. The minimum absolute atomic E-state index is 0.160. The molecule has 0 bridgehead atoms. The van der Waals surface area contributed by atoms with Crippen LogP contribution in [0.15, 0.2) is 52.1 Å². The van der Waals surface area contributed by atoms with Crippen molar-refractivity contribution in [2.24, 2.45) is 4.99 Å². The minimum atomic E-state index is -0.160. The first-order valence-electron chi connectivity index (χ1n) is 9.52. The highest BCUT2D eigenvalue weighted by Gasteiger charge is 2.25. The second kappa shape index (κ2) is 9.26. The first kappa shape index (κ1) is 19.0. The standard InChI is InChI=1S/C21H28N4O2/c1-16-10-14-27-19(16)20(26)23-11-6-12-24-21(22-2)25-13-9-18(15-25)17-7-4-3-5-8-17/h3-5,7-8,10,14,18H,6,9,11-13,15H2,1-2H3,(H,22,24)(H,23,26). The van der Waals surface area contributed by atoms with E-state index in [4.69, 9.17) is 4.42 Å². The number of amides is 1. The van der Waals surface area contributed by atoms with Gasteiger partial charge in [0.05, 0.1) is 6.26 Å². The summed E-state index contributed by atoms with van der Waals surface area (Å²) in [5, 5.41) is 6.29. The highest BCUT2D eigenvalue weighted by molar-refractivity contribution is 5.92. The molecule has 1 amide bonds. The Hall–Kier alpha value is -2.76. The zero-order valence-electron chi connectivity index (χ0n) is 16.1. The predicted molar refractivity (Wildman–Crippen MR) is 107 cm³/mol. The van der Waals surface area contributed by atoms with Crippen LogP contribution < -0.4 is 10.6 Å². The normalized spacial score (nSPS) is 17.2. The minimum Gasteiger partial charge on any atom is -0.459 e. The lowest BCUT2D eigenvalue weighted by Gasteiger charge is -2.22. The molecule has 1 unspecified atom stereocenters. The number of hydrogen-bond donors (Lipinski definition) is 2. The van der Waals surface area contributed by atoms with Gasteiger partial charge < -0.3 is 20.0 Å². The topological polar surface area (TPSA) is 69.9 Å². The smallest absolute Gasteiger partial charge is 0.287 e. The van der Waals surface area contributed by atoms with Crippen LogP contribution in [-0.2, 0) is 0 Å². The Morgan fingerprint density at radius 3 is 2.70 bits per heavy atom. The molecule has 0 saturated carbocycles. The molecule has 2 heterocycles. The number of nitrogens with one attached hydrogen (secondary N) is 2. The highest BCUT2D eigenvalue weighted by atomic mass is 16.3. The molecule has 1 aliphatic heterocycles. The number of nitrogens with zero attached hydrogens (tertiary/aromatic N) is 2. The van der Waals surface area contributed by atoms with E-state index in [0.717, 1.165) is 44.0 Å². The number of guanidine groups is 1. The maximum atomic E-state index is 12.0. The molecule has 3 rings (SSSR count). The maximum Gasteiger partial charge on any atom is 0.287 e. The van der Waals surface area contributed by atoms with Crippen molar-refractivity contribution in [2.45, 2.75) is 25.7 Å². The van der Waals surface area contributed by atoms with Crippen LogP contribution in [0.3, 0.4) is 0 Å². The maximum absolute atomic E-state index is 12.0. The molecule has 1 fully saturated rings. The van der Waals surface area contributed by atoms with E-state index in [0.29, 0.717) is 18.2 Å². The average Bonchev–Trinajstić information content (AvgIpc) is 3.34. The molecule has 2 N–H and O–H groups in total. The Balaban J connectivity index is 1.39. The Bertz CT molecular complexity index is 769. The van der Waals surface area contributed by atoms with Crippen LogP contribution in [0.25, 0.3) is 0 Å². The van der Waals surface area contributed by atoms with Gasteiger partial charge in [-0.25, -0.2) is 0 Å². The quantitative estimate of drug-likeness (QED) is 0.467. The molecule has 1 saturated heterocycles. The lowest BCUT2D eigenvalue weighted by molar-refractivity contribution is 0.0925. The van der Waals surface area contributed by atoms with Gasteiger partial charge in [-0.05, 0) is 31.4 Å². The van der Waals surface area contributed by atoms with Crippen molar-refractivity contribution in [3.63, 3.8) is 0 Å². The number of likely N-dealkylation sites (tertiary alicyclic amines) is 1. The van der Waals surface area contributed by atoms with E-state index in [-0.39, 0.29) is 5.91 Å². The van der Waals surface area contributed by atoms with Gasteiger partial charge >= 0.3 is 0 Å². The Kier molecular flexibility index (Phi) is 6.52. The summed E-state index contributed by atoms with van der Waals surface area (Å²) in [6, 6.07) is 12.5. The molecule has 1 atom stereocenters. The van der Waals surface area contributed by atoms with Crippen LogP contribution in [0.5, 0.6) is 0 Å². The number of furan rings is 1. The summed E-state index contributed by atoms with van der Waals surface area (Å²) in [5.41, 5.74) is 2.25. The van der Waals surface area contributed by atoms with E-state index in [9.17, 15) is 4.79 Å². The molecule has 1 aromatic carbocycles. The number of benzene rings is 1. The number of rotatable bonds is 6. The van der Waals surface area contributed by atoms with E-state index in [1.807, 2.05) is 14.0 Å². The molecule has 6 nitrogen and oxygen atoms in total. The number of hydrogen-bond acceptors (Lipinski definition) is 3. The van der Waals surface area contributed by atoms with Crippen LogP contribution in [0.2, 0.25) is 0 Å². The van der Waals surface area contributed by atoms with Gasteiger partial charge in [0.25, 0.3) is 5.91 Å². The molecule has 6 heteroatoms. The van der Waals surface area contributed by atoms with Crippen LogP contribution >= 0.6 is 0 Å². The third-order valence-electron chi connectivity index (χ3n) is 4.96. The van der Waals surface area contributed by atoms with Crippen molar-refractivity contribution in [3.8, 4) is 0 Å². The number of aryl methyl sites for hydroxylation is 1. The van der Waals surface area contributed by atoms with E-state index >= 15 is 0 Å². The average molecular weight is 368 g/mol. The van der Waals surface area contributed by atoms with Gasteiger partial charge in [0.15, 0.2) is 11.7 Å². The molecular weight excluding hydrogens is 340 g/mol. The SMILES string of the molecule is CN=C(NCCCNC(=O)c1occc1C)N1CCC(c2ccccc2)C1. The van der Waals surface area contributed by atoms with E-state index in [2.05, 4.69) is 50.9 Å². The summed E-state index contributed by atoms with van der Waals surface area (Å²) in [6.07, 6.45) is 3.50. The fourth-order valence-corrected chi connectivity index (χ4v) is 3.46. The Morgan fingerprint density at radius 2 is 2.00 bits per heavy atom. The van der Waals surface area contributed by atoms with Gasteiger partial charge in [-0.3, -0.25) is 9.79 Å². The van der Waals surface area contributed by atoms with Crippen LogP contribution in [0.4, 0.5) is 0 Å². The summed E-state index contributed by atoms with van der Waals surface area (Å²) in [6.45, 7) is 5.21. The van der Waals surface area contributed by atoms with Crippen LogP contribution in [0, 0.1) is 6.92 Å². The highest BCUT2D eigenvalue weighted by Crippen LogP contribution is 2.26. The lowest BCUT2D eigenvalue weighted by atomic mass is 9.99. The molecule has 0 spiro atoms.